The van der Waals surface area contributed by atoms with Gasteiger partial charge in [0.1, 0.15) is 0 Å². The maximum absolute atomic E-state index is 9.81. The van der Waals surface area contributed by atoms with E-state index in [-0.39, 0.29) is 6.10 Å². The summed E-state index contributed by atoms with van der Waals surface area (Å²) in [7, 11) is 0. The van der Waals surface area contributed by atoms with E-state index in [1.165, 1.54) is 0 Å². The minimum Gasteiger partial charge on any atom is -0.393 e. The molecule has 0 amide bonds. The quantitative estimate of drug-likeness (QED) is 0.646. The fraction of sp³-hybridized carbons (Fsp3) is 0.818. The summed E-state index contributed by atoms with van der Waals surface area (Å²) in [4.78, 5) is 0. The summed E-state index contributed by atoms with van der Waals surface area (Å²) in [6, 6.07) is 0. The predicted octanol–water partition coefficient (Wildman–Crippen LogP) is 2.11. The zero-order chi connectivity index (χ0) is 10.5. The zero-order valence-corrected chi connectivity index (χ0v) is 9.12. The molecule has 0 radical (unpaired) electrons. The largest absolute Gasteiger partial charge is 0.393 e. The van der Waals surface area contributed by atoms with Crippen molar-refractivity contribution in [2.45, 2.75) is 52.2 Å². The first-order valence-corrected chi connectivity index (χ1v) is 4.93. The molecule has 2 N–H and O–H groups in total. The van der Waals surface area contributed by atoms with Crippen molar-refractivity contribution in [1.82, 2.24) is 0 Å². The third-order valence-corrected chi connectivity index (χ3v) is 1.91. The fourth-order valence-corrected chi connectivity index (χ4v) is 0.984. The number of allylic oxidation sites excluding steroid dienone is 1. The van der Waals surface area contributed by atoms with Crippen LogP contribution < -0.4 is 0 Å². The lowest BCUT2D eigenvalue weighted by atomic mass is 9.96. The van der Waals surface area contributed by atoms with Gasteiger partial charge in [-0.2, -0.15) is 0 Å². The average Bonchev–Trinajstić information content (AvgIpc) is 1.98. The summed E-state index contributed by atoms with van der Waals surface area (Å²) < 4.78 is 0. The molecule has 0 saturated carbocycles. The fourth-order valence-electron chi connectivity index (χ4n) is 0.984. The number of hydrogen-bond acceptors (Lipinski definition) is 2. The van der Waals surface area contributed by atoms with Crippen molar-refractivity contribution in [3.8, 4) is 0 Å². The highest BCUT2D eigenvalue weighted by Gasteiger charge is 2.16. The number of aliphatic hydroxyl groups excluding tert-OH is 1. The molecule has 0 aliphatic rings. The van der Waals surface area contributed by atoms with Crippen LogP contribution >= 0.6 is 0 Å². The van der Waals surface area contributed by atoms with Crippen molar-refractivity contribution in [3.63, 3.8) is 0 Å². The van der Waals surface area contributed by atoms with Crippen LogP contribution in [-0.4, -0.2) is 21.9 Å². The van der Waals surface area contributed by atoms with E-state index >= 15 is 0 Å². The molecule has 13 heavy (non-hydrogen) atoms. The van der Waals surface area contributed by atoms with Crippen LogP contribution in [0.4, 0.5) is 0 Å². The molecule has 2 nitrogen and oxygen atoms in total. The van der Waals surface area contributed by atoms with Crippen molar-refractivity contribution >= 4 is 0 Å². The molecule has 0 fully saturated rings. The molecular weight excluding hydrogens is 164 g/mol. The Morgan fingerprint density at radius 3 is 2.23 bits per heavy atom. The Labute approximate surface area is 81.3 Å². The first-order valence-electron chi connectivity index (χ1n) is 4.93. The van der Waals surface area contributed by atoms with Gasteiger partial charge in [-0.3, -0.25) is 0 Å². The van der Waals surface area contributed by atoms with E-state index in [0.29, 0.717) is 18.8 Å². The second kappa shape index (κ2) is 5.40. The molecule has 0 heterocycles. The van der Waals surface area contributed by atoms with Gasteiger partial charge in [-0.15, -0.1) is 0 Å². The van der Waals surface area contributed by atoms with E-state index in [9.17, 15) is 5.11 Å². The van der Waals surface area contributed by atoms with Gasteiger partial charge in [0, 0.05) is 0 Å². The van der Waals surface area contributed by atoms with Crippen LogP contribution in [-0.2, 0) is 0 Å². The Balaban J connectivity index is 3.93. The highest BCUT2D eigenvalue weighted by molar-refractivity contribution is 4.99. The topological polar surface area (TPSA) is 40.5 Å². The summed E-state index contributed by atoms with van der Waals surface area (Å²) in [6.45, 7) is 7.65. The van der Waals surface area contributed by atoms with Crippen molar-refractivity contribution in [2.75, 3.05) is 0 Å². The van der Waals surface area contributed by atoms with E-state index in [4.69, 9.17) is 5.11 Å². The summed E-state index contributed by atoms with van der Waals surface area (Å²) in [5, 5.41) is 18.9. The monoisotopic (exact) mass is 186 g/mol. The highest BCUT2D eigenvalue weighted by atomic mass is 16.3. The van der Waals surface area contributed by atoms with Crippen LogP contribution in [0.1, 0.15) is 40.5 Å². The van der Waals surface area contributed by atoms with E-state index in [1.54, 1.807) is 13.8 Å². The summed E-state index contributed by atoms with van der Waals surface area (Å²) in [5.41, 5.74) is -0.777. The van der Waals surface area contributed by atoms with Crippen molar-refractivity contribution < 1.29 is 10.2 Å². The third-order valence-electron chi connectivity index (χ3n) is 1.91. The summed E-state index contributed by atoms with van der Waals surface area (Å²) in [5.74, 6) is 0.457. The van der Waals surface area contributed by atoms with E-state index in [1.807, 2.05) is 12.2 Å². The van der Waals surface area contributed by atoms with Gasteiger partial charge in [-0.1, -0.05) is 26.0 Å². The summed E-state index contributed by atoms with van der Waals surface area (Å²) >= 11 is 0. The molecule has 0 bridgehead atoms. The van der Waals surface area contributed by atoms with E-state index in [2.05, 4.69) is 13.8 Å². The lowest BCUT2D eigenvalue weighted by Gasteiger charge is -2.20. The van der Waals surface area contributed by atoms with Gasteiger partial charge in [0.05, 0.1) is 11.7 Å². The van der Waals surface area contributed by atoms with Crippen LogP contribution in [0, 0.1) is 5.92 Å². The predicted molar refractivity (Wildman–Crippen MR) is 55.5 cm³/mol. The van der Waals surface area contributed by atoms with Crippen LogP contribution in [0.25, 0.3) is 0 Å². The van der Waals surface area contributed by atoms with Crippen molar-refractivity contribution in [1.29, 1.82) is 0 Å². The smallest absolute Gasteiger partial charge is 0.0800 e. The molecule has 0 spiro atoms. The van der Waals surface area contributed by atoms with Gasteiger partial charge in [0.15, 0.2) is 0 Å². The highest BCUT2D eigenvalue weighted by Crippen LogP contribution is 2.16. The van der Waals surface area contributed by atoms with Gasteiger partial charge in [-0.25, -0.2) is 0 Å². The molecule has 0 aliphatic heterocycles. The Hall–Kier alpha value is -0.340. The van der Waals surface area contributed by atoms with Gasteiger partial charge in [-0.05, 0) is 32.6 Å². The lowest BCUT2D eigenvalue weighted by Crippen LogP contribution is -2.22. The first kappa shape index (κ1) is 12.7. The van der Waals surface area contributed by atoms with Crippen molar-refractivity contribution in [3.05, 3.63) is 12.2 Å². The maximum atomic E-state index is 9.81. The molecule has 78 valence electrons. The van der Waals surface area contributed by atoms with Gasteiger partial charge >= 0.3 is 0 Å². The van der Waals surface area contributed by atoms with Crippen LogP contribution in [0.2, 0.25) is 0 Å². The molecule has 0 rings (SSSR count). The van der Waals surface area contributed by atoms with Gasteiger partial charge in [0.25, 0.3) is 0 Å². The standard InChI is InChI=1S/C11H22O2/c1-9(2)5-7-11(4,13)8-6-10(3)12/h5,7,9-10,12-13H,6,8H2,1-4H3/b7-5+. The zero-order valence-electron chi connectivity index (χ0n) is 9.12. The summed E-state index contributed by atoms with van der Waals surface area (Å²) in [6.07, 6.45) is 4.71. The Bertz CT molecular complexity index is 157. The normalized spacial score (nSPS) is 19.3. The van der Waals surface area contributed by atoms with E-state index in [0.717, 1.165) is 0 Å². The Morgan fingerprint density at radius 2 is 1.85 bits per heavy atom. The molecule has 0 saturated heterocycles. The number of aliphatic hydroxyl groups is 2. The maximum Gasteiger partial charge on any atom is 0.0800 e. The molecule has 2 heteroatoms. The molecule has 0 aromatic heterocycles. The van der Waals surface area contributed by atoms with Crippen molar-refractivity contribution in [2.24, 2.45) is 5.92 Å². The molecule has 2 unspecified atom stereocenters. The van der Waals surface area contributed by atoms with E-state index < -0.39 is 5.60 Å². The lowest BCUT2D eigenvalue weighted by molar-refractivity contribution is 0.0769. The van der Waals surface area contributed by atoms with Crippen LogP contribution in [0.5, 0.6) is 0 Å². The number of rotatable bonds is 5. The Kier molecular flexibility index (Phi) is 5.26. The SMILES string of the molecule is CC(C)/C=C/C(C)(O)CCC(C)O. The third kappa shape index (κ3) is 8.00. The second-order valence-corrected chi connectivity index (χ2v) is 4.35. The molecule has 0 aliphatic carbocycles. The molecule has 0 aromatic rings. The molecule has 2 atom stereocenters. The minimum absolute atomic E-state index is 0.334. The Morgan fingerprint density at radius 1 is 1.31 bits per heavy atom. The number of hydrogen-bond donors (Lipinski definition) is 2. The second-order valence-electron chi connectivity index (χ2n) is 4.35. The van der Waals surface area contributed by atoms with Crippen LogP contribution in [0.3, 0.4) is 0 Å². The van der Waals surface area contributed by atoms with Gasteiger partial charge < -0.3 is 10.2 Å². The average molecular weight is 186 g/mol. The minimum atomic E-state index is -0.777. The molecular formula is C11H22O2. The van der Waals surface area contributed by atoms with Crippen LogP contribution in [0.15, 0.2) is 12.2 Å². The van der Waals surface area contributed by atoms with Gasteiger partial charge in [0.2, 0.25) is 0 Å². The first-order chi connectivity index (χ1) is 5.83. The molecule has 0 aromatic carbocycles.